The van der Waals surface area contributed by atoms with E-state index in [4.69, 9.17) is 4.42 Å². The van der Waals surface area contributed by atoms with Gasteiger partial charge >= 0.3 is 11.8 Å². The van der Waals surface area contributed by atoms with Crippen molar-refractivity contribution >= 4 is 23.2 Å². The molecule has 0 aliphatic carbocycles. The van der Waals surface area contributed by atoms with E-state index in [2.05, 4.69) is 10.6 Å². The highest BCUT2D eigenvalue weighted by Crippen LogP contribution is 2.28. The topological polar surface area (TPSA) is 91.6 Å². The van der Waals surface area contributed by atoms with Gasteiger partial charge in [-0.15, -0.1) is 11.3 Å². The van der Waals surface area contributed by atoms with Gasteiger partial charge in [-0.25, -0.2) is 4.39 Å². The van der Waals surface area contributed by atoms with Crippen molar-refractivity contribution in [2.24, 2.45) is 0 Å². The number of aliphatic hydroxyl groups excluding tert-OH is 1. The molecule has 3 rings (SSSR count). The Morgan fingerprint density at radius 1 is 1.04 bits per heavy atom. The minimum atomic E-state index is -0.867. The zero-order chi connectivity index (χ0) is 19.2. The lowest BCUT2D eigenvalue weighted by Gasteiger charge is -2.06. The monoisotopic (exact) mass is 388 g/mol. The summed E-state index contributed by atoms with van der Waals surface area (Å²) in [5.41, 5.74) is 0.687. The van der Waals surface area contributed by atoms with Crippen molar-refractivity contribution in [3.05, 3.63) is 81.7 Å². The van der Waals surface area contributed by atoms with Gasteiger partial charge in [-0.3, -0.25) is 9.59 Å². The average Bonchev–Trinajstić information content (AvgIpc) is 3.37. The molecular weight excluding hydrogens is 371 g/mol. The number of aliphatic hydroxyl groups is 1. The van der Waals surface area contributed by atoms with Gasteiger partial charge in [0.15, 0.2) is 0 Å². The van der Waals surface area contributed by atoms with Crippen molar-refractivity contribution in [3.63, 3.8) is 0 Å². The Balaban J connectivity index is 1.47. The lowest BCUT2D eigenvalue weighted by Crippen LogP contribution is -2.39. The van der Waals surface area contributed by atoms with E-state index in [9.17, 15) is 19.1 Å². The second-order valence-corrected chi connectivity index (χ2v) is 6.91. The van der Waals surface area contributed by atoms with E-state index in [1.165, 1.54) is 41.9 Å². The number of furan rings is 1. The van der Waals surface area contributed by atoms with Crippen LogP contribution in [0.5, 0.6) is 0 Å². The normalized spacial score (nSPS) is 11.8. The number of carbonyl (C=O) groups excluding carboxylic acids is 2. The molecule has 27 heavy (non-hydrogen) atoms. The summed E-state index contributed by atoms with van der Waals surface area (Å²) >= 11 is 1.31. The number of hydrogen-bond acceptors (Lipinski definition) is 5. The van der Waals surface area contributed by atoms with Gasteiger partial charge < -0.3 is 20.2 Å². The van der Waals surface area contributed by atoms with Crippen molar-refractivity contribution in [1.29, 1.82) is 0 Å². The fourth-order valence-corrected chi connectivity index (χ4v) is 3.28. The minimum Gasteiger partial charge on any atom is -0.466 e. The maximum Gasteiger partial charge on any atom is 0.309 e. The Kier molecular flexibility index (Phi) is 6.00. The van der Waals surface area contributed by atoms with Crippen LogP contribution in [-0.2, 0) is 22.7 Å². The van der Waals surface area contributed by atoms with Crippen LogP contribution in [0.2, 0.25) is 0 Å². The molecule has 3 aromatic rings. The smallest absolute Gasteiger partial charge is 0.309 e. The molecule has 0 unspecified atom stereocenters. The first-order valence-electron chi connectivity index (χ1n) is 8.13. The molecule has 0 aliphatic rings. The summed E-state index contributed by atoms with van der Waals surface area (Å²) in [6, 6.07) is 12.5. The van der Waals surface area contributed by atoms with Crippen LogP contribution in [0.15, 0.2) is 59.2 Å². The highest BCUT2D eigenvalue weighted by molar-refractivity contribution is 7.12. The molecule has 6 nitrogen and oxygen atoms in total. The van der Waals surface area contributed by atoms with E-state index in [1.807, 2.05) is 0 Å². The van der Waals surface area contributed by atoms with Crippen LogP contribution in [0, 0.1) is 5.82 Å². The van der Waals surface area contributed by atoms with Gasteiger partial charge in [-0.1, -0.05) is 12.1 Å². The number of nitrogens with one attached hydrogen (secondary N) is 2. The van der Waals surface area contributed by atoms with Crippen molar-refractivity contribution in [3.8, 4) is 0 Å². The van der Waals surface area contributed by atoms with E-state index in [0.29, 0.717) is 16.2 Å². The fourth-order valence-electron chi connectivity index (χ4n) is 2.34. The third-order valence-corrected chi connectivity index (χ3v) is 4.90. The highest BCUT2D eigenvalue weighted by atomic mass is 32.1. The molecule has 2 heterocycles. The number of carbonyl (C=O) groups is 2. The van der Waals surface area contributed by atoms with Crippen LogP contribution in [0.4, 0.5) is 4.39 Å². The largest absolute Gasteiger partial charge is 0.466 e. The van der Waals surface area contributed by atoms with E-state index in [1.54, 1.807) is 24.3 Å². The molecular formula is C19H17FN2O4S. The Labute approximate surface area is 158 Å². The van der Waals surface area contributed by atoms with Gasteiger partial charge in [0.1, 0.15) is 17.7 Å². The summed E-state index contributed by atoms with van der Waals surface area (Å²) < 4.78 is 18.0. The van der Waals surface area contributed by atoms with Gasteiger partial charge in [-0.05, 0) is 42.0 Å². The third-order valence-electron chi connectivity index (χ3n) is 3.76. The number of amides is 2. The molecule has 0 aliphatic heterocycles. The third kappa shape index (κ3) is 5.02. The number of thiophene rings is 1. The first-order chi connectivity index (χ1) is 13.0. The first kappa shape index (κ1) is 18.8. The predicted octanol–water partition coefficient (Wildman–Crippen LogP) is 2.49. The molecule has 0 saturated carbocycles. The Bertz CT molecular complexity index is 906. The molecule has 1 aromatic carbocycles. The predicted molar refractivity (Wildman–Crippen MR) is 97.2 cm³/mol. The van der Waals surface area contributed by atoms with Gasteiger partial charge in [0, 0.05) is 16.3 Å². The Hall–Kier alpha value is -2.97. The lowest BCUT2D eigenvalue weighted by molar-refractivity contribution is -0.139. The molecule has 0 spiro atoms. The SMILES string of the molecule is O=C(NCc1ccc(F)cc1)C(=O)NCc1ccc([C@H](O)c2ccco2)s1. The number of hydrogen-bond donors (Lipinski definition) is 3. The summed E-state index contributed by atoms with van der Waals surface area (Å²) in [5, 5.41) is 15.2. The summed E-state index contributed by atoms with van der Waals surface area (Å²) in [6.45, 7) is 0.295. The molecule has 0 bridgehead atoms. The molecule has 140 valence electrons. The standard InChI is InChI=1S/C19H17FN2O4S/c20-13-5-3-12(4-6-13)10-21-18(24)19(25)22-11-14-7-8-16(27-14)17(23)15-2-1-9-26-15/h1-9,17,23H,10-11H2,(H,21,24)(H,22,25)/t17-/m1/s1. The van der Waals surface area contributed by atoms with Crippen LogP contribution >= 0.6 is 11.3 Å². The van der Waals surface area contributed by atoms with Crippen LogP contribution in [0.3, 0.4) is 0 Å². The van der Waals surface area contributed by atoms with Crippen molar-refractivity contribution in [2.75, 3.05) is 0 Å². The maximum atomic E-state index is 12.8. The summed E-state index contributed by atoms with van der Waals surface area (Å²) in [4.78, 5) is 25.2. The molecule has 0 fully saturated rings. The summed E-state index contributed by atoms with van der Waals surface area (Å²) in [5.74, 6) is -1.46. The summed E-state index contributed by atoms with van der Waals surface area (Å²) in [7, 11) is 0. The van der Waals surface area contributed by atoms with Crippen molar-refractivity contribution in [2.45, 2.75) is 19.2 Å². The van der Waals surface area contributed by atoms with E-state index >= 15 is 0 Å². The molecule has 8 heteroatoms. The molecule has 0 saturated heterocycles. The van der Waals surface area contributed by atoms with Gasteiger partial charge in [0.25, 0.3) is 0 Å². The zero-order valence-corrected chi connectivity index (χ0v) is 15.0. The van der Waals surface area contributed by atoms with Crippen molar-refractivity contribution in [1.82, 2.24) is 10.6 Å². The number of rotatable bonds is 6. The minimum absolute atomic E-state index is 0.130. The molecule has 0 radical (unpaired) electrons. The van der Waals surface area contributed by atoms with Crippen LogP contribution in [-0.4, -0.2) is 16.9 Å². The Morgan fingerprint density at radius 3 is 2.41 bits per heavy atom. The van der Waals surface area contributed by atoms with Crippen LogP contribution in [0.25, 0.3) is 0 Å². The van der Waals surface area contributed by atoms with Crippen LogP contribution < -0.4 is 10.6 Å². The van der Waals surface area contributed by atoms with Crippen molar-refractivity contribution < 1.29 is 23.5 Å². The second-order valence-electron chi connectivity index (χ2n) is 5.71. The zero-order valence-electron chi connectivity index (χ0n) is 14.1. The fraction of sp³-hybridized carbons (Fsp3) is 0.158. The average molecular weight is 388 g/mol. The van der Waals surface area contributed by atoms with E-state index < -0.39 is 17.9 Å². The highest BCUT2D eigenvalue weighted by Gasteiger charge is 2.17. The molecule has 2 aromatic heterocycles. The van der Waals surface area contributed by atoms with Gasteiger partial charge in [-0.2, -0.15) is 0 Å². The summed E-state index contributed by atoms with van der Waals surface area (Å²) in [6.07, 6.45) is 0.617. The lowest BCUT2D eigenvalue weighted by atomic mass is 10.2. The van der Waals surface area contributed by atoms with Crippen LogP contribution in [0.1, 0.15) is 27.2 Å². The number of benzene rings is 1. The molecule has 1 atom stereocenters. The second kappa shape index (κ2) is 8.61. The quantitative estimate of drug-likeness (QED) is 0.566. The molecule has 2 amide bonds. The maximum absolute atomic E-state index is 12.8. The van der Waals surface area contributed by atoms with E-state index in [-0.39, 0.29) is 18.9 Å². The first-order valence-corrected chi connectivity index (χ1v) is 8.95. The van der Waals surface area contributed by atoms with Gasteiger partial charge in [0.05, 0.1) is 12.8 Å². The van der Waals surface area contributed by atoms with Gasteiger partial charge in [0.2, 0.25) is 0 Å². The number of halogens is 1. The Morgan fingerprint density at radius 2 is 1.74 bits per heavy atom. The van der Waals surface area contributed by atoms with E-state index in [0.717, 1.165) is 4.88 Å². The molecule has 3 N–H and O–H groups in total.